The van der Waals surface area contributed by atoms with E-state index in [0.717, 1.165) is 11.1 Å². The fourth-order valence-electron chi connectivity index (χ4n) is 1.74. The van der Waals surface area contributed by atoms with Crippen molar-refractivity contribution in [2.45, 2.75) is 13.0 Å². The van der Waals surface area contributed by atoms with Crippen LogP contribution in [0.25, 0.3) is 0 Å². The minimum atomic E-state index is -0.279. The molecule has 0 aliphatic carbocycles. The minimum Gasteiger partial charge on any atom is -0.489 e. The standard InChI is InChI=1S/C16H15FO3/c1-19-16(18)10-12-5-7-15(8-6-12)20-11-13-3-2-4-14(17)9-13/h2-9H,10-11H2,1H3. The third-order valence-electron chi connectivity index (χ3n) is 2.79. The van der Waals surface area contributed by atoms with Gasteiger partial charge in [0, 0.05) is 0 Å². The Morgan fingerprint density at radius 2 is 1.85 bits per heavy atom. The van der Waals surface area contributed by atoms with E-state index in [1.165, 1.54) is 19.2 Å². The lowest BCUT2D eigenvalue weighted by Crippen LogP contribution is -2.04. The summed E-state index contributed by atoms with van der Waals surface area (Å²) in [6, 6.07) is 13.4. The highest BCUT2D eigenvalue weighted by Crippen LogP contribution is 2.15. The van der Waals surface area contributed by atoms with Crippen molar-refractivity contribution < 1.29 is 18.7 Å². The topological polar surface area (TPSA) is 35.5 Å². The Bertz CT molecular complexity index is 579. The van der Waals surface area contributed by atoms with Gasteiger partial charge in [0.2, 0.25) is 0 Å². The van der Waals surface area contributed by atoms with Crippen LogP contribution in [-0.2, 0) is 22.6 Å². The molecule has 0 radical (unpaired) electrons. The average Bonchev–Trinajstić information content (AvgIpc) is 2.46. The van der Waals surface area contributed by atoms with Crippen LogP contribution in [0.4, 0.5) is 4.39 Å². The van der Waals surface area contributed by atoms with Crippen LogP contribution in [0.5, 0.6) is 5.75 Å². The Kier molecular flexibility index (Phi) is 4.71. The van der Waals surface area contributed by atoms with E-state index in [-0.39, 0.29) is 18.2 Å². The van der Waals surface area contributed by atoms with Gasteiger partial charge in [0.1, 0.15) is 18.2 Å². The smallest absolute Gasteiger partial charge is 0.309 e. The highest BCUT2D eigenvalue weighted by atomic mass is 19.1. The molecule has 2 aromatic carbocycles. The van der Waals surface area contributed by atoms with Crippen molar-refractivity contribution in [3.05, 3.63) is 65.5 Å². The maximum atomic E-state index is 13.0. The van der Waals surface area contributed by atoms with Crippen LogP contribution in [-0.4, -0.2) is 13.1 Å². The second-order valence-corrected chi connectivity index (χ2v) is 4.32. The van der Waals surface area contributed by atoms with E-state index < -0.39 is 0 Å². The van der Waals surface area contributed by atoms with Gasteiger partial charge in [-0.25, -0.2) is 4.39 Å². The molecular formula is C16H15FO3. The monoisotopic (exact) mass is 274 g/mol. The molecule has 0 saturated carbocycles. The Balaban J connectivity index is 1.92. The maximum Gasteiger partial charge on any atom is 0.309 e. The SMILES string of the molecule is COC(=O)Cc1ccc(OCc2cccc(F)c2)cc1. The fourth-order valence-corrected chi connectivity index (χ4v) is 1.74. The van der Waals surface area contributed by atoms with Gasteiger partial charge in [-0.2, -0.15) is 0 Å². The number of carbonyl (C=O) groups excluding carboxylic acids is 1. The van der Waals surface area contributed by atoms with E-state index in [2.05, 4.69) is 4.74 Å². The highest BCUT2D eigenvalue weighted by Gasteiger charge is 2.03. The zero-order valence-corrected chi connectivity index (χ0v) is 11.1. The van der Waals surface area contributed by atoms with Gasteiger partial charge in [0.25, 0.3) is 0 Å². The van der Waals surface area contributed by atoms with Crippen molar-refractivity contribution in [2.75, 3.05) is 7.11 Å². The fraction of sp³-hybridized carbons (Fsp3) is 0.188. The molecule has 0 aliphatic rings. The molecule has 0 aromatic heterocycles. The number of esters is 1. The molecule has 2 aromatic rings. The van der Waals surface area contributed by atoms with E-state index in [1.54, 1.807) is 36.4 Å². The van der Waals surface area contributed by atoms with Gasteiger partial charge in [-0.3, -0.25) is 4.79 Å². The molecule has 4 heteroatoms. The van der Waals surface area contributed by atoms with Crippen molar-refractivity contribution in [1.29, 1.82) is 0 Å². The molecule has 0 amide bonds. The molecule has 0 aliphatic heterocycles. The second-order valence-electron chi connectivity index (χ2n) is 4.32. The molecule has 0 saturated heterocycles. The molecule has 0 N–H and O–H groups in total. The predicted octanol–water partition coefficient (Wildman–Crippen LogP) is 3.12. The molecular weight excluding hydrogens is 259 g/mol. The van der Waals surface area contributed by atoms with Crippen molar-refractivity contribution in [2.24, 2.45) is 0 Å². The van der Waals surface area contributed by atoms with Gasteiger partial charge in [0.15, 0.2) is 0 Å². The van der Waals surface area contributed by atoms with E-state index in [0.29, 0.717) is 12.4 Å². The molecule has 0 bridgehead atoms. The Morgan fingerprint density at radius 1 is 1.10 bits per heavy atom. The largest absolute Gasteiger partial charge is 0.489 e. The zero-order valence-electron chi connectivity index (χ0n) is 11.1. The van der Waals surface area contributed by atoms with Crippen LogP contribution in [0.15, 0.2) is 48.5 Å². The Morgan fingerprint density at radius 3 is 2.50 bits per heavy atom. The molecule has 0 fully saturated rings. The third-order valence-corrected chi connectivity index (χ3v) is 2.79. The van der Waals surface area contributed by atoms with Crippen LogP contribution in [0.3, 0.4) is 0 Å². The quantitative estimate of drug-likeness (QED) is 0.786. The summed E-state index contributed by atoms with van der Waals surface area (Å²) in [7, 11) is 1.36. The van der Waals surface area contributed by atoms with Crippen molar-refractivity contribution in [3.8, 4) is 5.75 Å². The van der Waals surface area contributed by atoms with Crippen molar-refractivity contribution in [1.82, 2.24) is 0 Å². The van der Waals surface area contributed by atoms with Crippen molar-refractivity contribution >= 4 is 5.97 Å². The average molecular weight is 274 g/mol. The Labute approximate surface area is 117 Å². The Hall–Kier alpha value is -2.36. The normalized spacial score (nSPS) is 10.1. The molecule has 104 valence electrons. The van der Waals surface area contributed by atoms with E-state index >= 15 is 0 Å². The van der Waals surface area contributed by atoms with Crippen LogP contribution in [0.1, 0.15) is 11.1 Å². The lowest BCUT2D eigenvalue weighted by molar-refractivity contribution is -0.139. The lowest BCUT2D eigenvalue weighted by atomic mass is 10.1. The van der Waals surface area contributed by atoms with Crippen LogP contribution >= 0.6 is 0 Å². The molecule has 0 spiro atoms. The molecule has 20 heavy (non-hydrogen) atoms. The molecule has 2 rings (SSSR count). The number of hydrogen-bond donors (Lipinski definition) is 0. The molecule has 0 unspecified atom stereocenters. The first-order valence-corrected chi connectivity index (χ1v) is 6.20. The number of hydrogen-bond acceptors (Lipinski definition) is 3. The molecule has 0 atom stereocenters. The van der Waals surface area contributed by atoms with Gasteiger partial charge in [-0.05, 0) is 35.4 Å². The van der Waals surface area contributed by atoms with Gasteiger partial charge >= 0.3 is 5.97 Å². The van der Waals surface area contributed by atoms with Gasteiger partial charge in [0.05, 0.1) is 13.5 Å². The van der Waals surface area contributed by atoms with Crippen LogP contribution < -0.4 is 4.74 Å². The summed E-state index contributed by atoms with van der Waals surface area (Å²) in [5.41, 5.74) is 1.62. The second kappa shape index (κ2) is 6.70. The van der Waals surface area contributed by atoms with Crippen molar-refractivity contribution in [3.63, 3.8) is 0 Å². The van der Waals surface area contributed by atoms with Crippen LogP contribution in [0.2, 0.25) is 0 Å². The predicted molar refractivity (Wildman–Crippen MR) is 72.9 cm³/mol. The van der Waals surface area contributed by atoms with E-state index in [4.69, 9.17) is 4.74 Å². The molecule has 0 heterocycles. The van der Waals surface area contributed by atoms with Gasteiger partial charge < -0.3 is 9.47 Å². The summed E-state index contributed by atoms with van der Waals surface area (Å²) < 4.78 is 23.1. The van der Waals surface area contributed by atoms with Gasteiger partial charge in [-0.1, -0.05) is 24.3 Å². The summed E-state index contributed by atoms with van der Waals surface area (Å²) in [6.45, 7) is 0.300. The summed E-state index contributed by atoms with van der Waals surface area (Å²) in [4.78, 5) is 11.1. The van der Waals surface area contributed by atoms with E-state index in [9.17, 15) is 9.18 Å². The van der Waals surface area contributed by atoms with Gasteiger partial charge in [-0.15, -0.1) is 0 Å². The number of methoxy groups -OCH3 is 1. The van der Waals surface area contributed by atoms with E-state index in [1.807, 2.05) is 0 Å². The highest BCUT2D eigenvalue weighted by molar-refractivity contribution is 5.72. The third kappa shape index (κ3) is 4.09. The number of halogens is 1. The number of rotatable bonds is 5. The first kappa shape index (κ1) is 14.1. The summed E-state index contributed by atoms with van der Waals surface area (Å²) >= 11 is 0. The summed E-state index contributed by atoms with van der Waals surface area (Å²) in [5, 5.41) is 0. The first-order valence-electron chi connectivity index (χ1n) is 6.20. The number of ether oxygens (including phenoxy) is 2. The summed E-state index contributed by atoms with van der Waals surface area (Å²) in [6.07, 6.45) is 0.237. The summed E-state index contributed by atoms with van der Waals surface area (Å²) in [5.74, 6) is 0.112. The number of carbonyl (C=O) groups is 1. The maximum absolute atomic E-state index is 13.0. The lowest BCUT2D eigenvalue weighted by Gasteiger charge is -2.07. The van der Waals surface area contributed by atoms with Crippen LogP contribution in [0, 0.1) is 5.82 Å². The first-order chi connectivity index (χ1) is 9.67. The minimum absolute atomic E-state index is 0.237. The number of benzene rings is 2. The zero-order chi connectivity index (χ0) is 14.4. The molecule has 3 nitrogen and oxygen atoms in total.